The molecule has 6 heteroatoms. The predicted octanol–water partition coefficient (Wildman–Crippen LogP) is 2.02. The van der Waals surface area contributed by atoms with E-state index in [0.717, 1.165) is 49.8 Å². The molecule has 1 atom stereocenters. The fourth-order valence-corrected chi connectivity index (χ4v) is 4.27. The molecule has 3 heterocycles. The fraction of sp³-hybridized carbons (Fsp3) is 0.571. The molecule has 2 aromatic rings. The van der Waals surface area contributed by atoms with Crippen LogP contribution < -0.4 is 0 Å². The third kappa shape index (κ3) is 4.05. The van der Waals surface area contributed by atoms with Gasteiger partial charge >= 0.3 is 0 Å². The molecule has 27 heavy (non-hydrogen) atoms. The van der Waals surface area contributed by atoms with Crippen LogP contribution in [-0.4, -0.2) is 63.7 Å². The molecule has 6 nitrogen and oxygen atoms in total. The summed E-state index contributed by atoms with van der Waals surface area (Å²) in [5.41, 5.74) is 2.31. The Labute approximate surface area is 161 Å². The first-order valence-electron chi connectivity index (χ1n) is 10.0. The van der Waals surface area contributed by atoms with Crippen molar-refractivity contribution in [3.8, 4) is 0 Å². The van der Waals surface area contributed by atoms with Gasteiger partial charge in [-0.25, -0.2) is 0 Å². The molecular formula is C21H29N5O. The number of amides is 1. The van der Waals surface area contributed by atoms with E-state index in [1.165, 1.54) is 24.9 Å². The minimum Gasteiger partial charge on any atom is -0.340 e. The summed E-state index contributed by atoms with van der Waals surface area (Å²) in [4.78, 5) is 17.2. The zero-order chi connectivity index (χ0) is 18.8. The highest BCUT2D eigenvalue weighted by Gasteiger charge is 2.27. The van der Waals surface area contributed by atoms with Crippen molar-refractivity contribution in [2.45, 2.75) is 45.1 Å². The van der Waals surface area contributed by atoms with E-state index in [9.17, 15) is 4.79 Å². The number of hydrogen-bond acceptors (Lipinski definition) is 4. The second-order valence-electron chi connectivity index (χ2n) is 8.02. The monoisotopic (exact) mass is 367 g/mol. The molecule has 1 fully saturated rings. The molecule has 2 aliphatic rings. The maximum absolute atomic E-state index is 12.8. The zero-order valence-electron chi connectivity index (χ0n) is 16.4. The van der Waals surface area contributed by atoms with Crippen LogP contribution in [0.5, 0.6) is 0 Å². The van der Waals surface area contributed by atoms with Gasteiger partial charge in [-0.05, 0) is 38.9 Å². The lowest BCUT2D eigenvalue weighted by atomic mass is 9.97. The lowest BCUT2D eigenvalue weighted by Crippen LogP contribution is -2.35. The highest BCUT2D eigenvalue weighted by atomic mass is 16.2. The maximum Gasteiger partial charge on any atom is 0.227 e. The molecule has 0 bridgehead atoms. The molecule has 0 unspecified atom stereocenters. The van der Waals surface area contributed by atoms with E-state index < -0.39 is 0 Å². The third-order valence-electron chi connectivity index (χ3n) is 5.87. The molecule has 1 aromatic carbocycles. The first-order valence-corrected chi connectivity index (χ1v) is 10.0. The van der Waals surface area contributed by atoms with Gasteiger partial charge in [-0.3, -0.25) is 4.79 Å². The Bertz CT molecular complexity index is 797. The van der Waals surface area contributed by atoms with Gasteiger partial charge in [-0.1, -0.05) is 29.8 Å². The van der Waals surface area contributed by atoms with Gasteiger partial charge in [0.2, 0.25) is 5.91 Å². The number of likely N-dealkylation sites (tertiary alicyclic amines) is 1. The minimum atomic E-state index is 0.205. The fourth-order valence-electron chi connectivity index (χ4n) is 4.27. The minimum absolute atomic E-state index is 0.205. The Balaban J connectivity index is 1.42. The Kier molecular flexibility index (Phi) is 5.25. The summed E-state index contributed by atoms with van der Waals surface area (Å²) >= 11 is 0. The van der Waals surface area contributed by atoms with E-state index in [-0.39, 0.29) is 5.91 Å². The van der Waals surface area contributed by atoms with Gasteiger partial charge in [0.05, 0.1) is 6.42 Å². The highest BCUT2D eigenvalue weighted by molar-refractivity contribution is 5.78. The summed E-state index contributed by atoms with van der Waals surface area (Å²) in [5, 5.41) is 8.99. The Morgan fingerprint density at radius 3 is 2.70 bits per heavy atom. The summed E-state index contributed by atoms with van der Waals surface area (Å²) in [6.07, 6.45) is 3.65. The van der Waals surface area contributed by atoms with Crippen molar-refractivity contribution in [2.75, 3.05) is 33.2 Å². The van der Waals surface area contributed by atoms with Gasteiger partial charge < -0.3 is 14.4 Å². The lowest BCUT2D eigenvalue weighted by Gasteiger charge is -2.29. The van der Waals surface area contributed by atoms with E-state index in [1.54, 1.807) is 0 Å². The van der Waals surface area contributed by atoms with Crippen molar-refractivity contribution in [2.24, 2.45) is 0 Å². The third-order valence-corrected chi connectivity index (χ3v) is 5.87. The molecule has 0 N–H and O–H groups in total. The number of piperidine rings is 1. The molecular weight excluding hydrogens is 338 g/mol. The molecule has 0 spiro atoms. The molecule has 4 rings (SSSR count). The Hall–Kier alpha value is -2.21. The summed E-state index contributed by atoms with van der Waals surface area (Å²) in [6.45, 7) is 6.56. The number of carbonyl (C=O) groups is 1. The molecule has 0 radical (unpaired) electrons. The number of likely N-dealkylation sites (N-methyl/N-ethyl adjacent to an activating group) is 1. The van der Waals surface area contributed by atoms with Crippen molar-refractivity contribution < 1.29 is 4.79 Å². The van der Waals surface area contributed by atoms with E-state index in [1.807, 2.05) is 4.90 Å². The molecule has 2 aliphatic heterocycles. The smallest absolute Gasteiger partial charge is 0.227 e. The highest BCUT2D eigenvalue weighted by Crippen LogP contribution is 2.26. The van der Waals surface area contributed by atoms with Gasteiger partial charge in [-0.15, -0.1) is 10.2 Å². The quantitative estimate of drug-likeness (QED) is 0.833. The van der Waals surface area contributed by atoms with Gasteiger partial charge in [0.1, 0.15) is 11.6 Å². The number of hydrogen-bond donors (Lipinski definition) is 0. The van der Waals surface area contributed by atoms with E-state index in [4.69, 9.17) is 0 Å². The number of carbonyl (C=O) groups excluding carboxylic acids is 1. The van der Waals surface area contributed by atoms with E-state index in [0.29, 0.717) is 12.3 Å². The molecule has 1 amide bonds. The first kappa shape index (κ1) is 18.2. The SMILES string of the molecule is Cc1ccc(CC(=O)N2CCc3nnc([C@H]4CCCN(C)C4)n3CC2)cc1. The molecule has 1 saturated heterocycles. The lowest BCUT2D eigenvalue weighted by molar-refractivity contribution is -0.130. The van der Waals surface area contributed by atoms with Crippen molar-refractivity contribution in [1.29, 1.82) is 0 Å². The number of benzene rings is 1. The van der Waals surface area contributed by atoms with Crippen molar-refractivity contribution in [3.63, 3.8) is 0 Å². The Morgan fingerprint density at radius 2 is 1.93 bits per heavy atom. The molecule has 0 aliphatic carbocycles. The van der Waals surface area contributed by atoms with Crippen LogP contribution in [0.25, 0.3) is 0 Å². The summed E-state index contributed by atoms with van der Waals surface area (Å²) < 4.78 is 2.28. The van der Waals surface area contributed by atoms with Crippen LogP contribution in [0.15, 0.2) is 24.3 Å². The first-order chi connectivity index (χ1) is 13.1. The number of fused-ring (bicyclic) bond motifs is 1. The van der Waals surface area contributed by atoms with Crippen LogP contribution in [0.2, 0.25) is 0 Å². The molecule has 0 saturated carbocycles. The average Bonchev–Trinajstić information content (AvgIpc) is 2.95. The number of rotatable bonds is 3. The Morgan fingerprint density at radius 1 is 1.11 bits per heavy atom. The number of aryl methyl sites for hydroxylation is 1. The van der Waals surface area contributed by atoms with Crippen LogP contribution >= 0.6 is 0 Å². The van der Waals surface area contributed by atoms with Crippen molar-refractivity contribution in [3.05, 3.63) is 47.0 Å². The second kappa shape index (κ2) is 7.80. The number of aromatic nitrogens is 3. The van der Waals surface area contributed by atoms with Gasteiger partial charge in [0.25, 0.3) is 0 Å². The van der Waals surface area contributed by atoms with Crippen LogP contribution in [0.4, 0.5) is 0 Å². The van der Waals surface area contributed by atoms with Crippen LogP contribution in [-0.2, 0) is 24.2 Å². The zero-order valence-corrected chi connectivity index (χ0v) is 16.4. The maximum atomic E-state index is 12.8. The summed E-state index contributed by atoms with van der Waals surface area (Å²) in [5.74, 6) is 2.81. The summed E-state index contributed by atoms with van der Waals surface area (Å²) in [6, 6.07) is 8.25. The van der Waals surface area contributed by atoms with Crippen LogP contribution in [0.1, 0.15) is 41.5 Å². The van der Waals surface area contributed by atoms with Crippen LogP contribution in [0, 0.1) is 6.92 Å². The van der Waals surface area contributed by atoms with Crippen molar-refractivity contribution >= 4 is 5.91 Å². The van der Waals surface area contributed by atoms with E-state index >= 15 is 0 Å². The summed E-state index contributed by atoms with van der Waals surface area (Å²) in [7, 11) is 2.18. The normalized spacial score (nSPS) is 21.0. The van der Waals surface area contributed by atoms with Crippen LogP contribution in [0.3, 0.4) is 0 Å². The van der Waals surface area contributed by atoms with Gasteiger partial charge in [-0.2, -0.15) is 0 Å². The standard InChI is InChI=1S/C21H29N5O/c1-16-5-7-17(8-6-16)14-20(27)25-11-9-19-22-23-21(26(19)13-12-25)18-4-3-10-24(2)15-18/h5-8,18H,3-4,9-15H2,1-2H3/t18-/m0/s1. The second-order valence-corrected chi connectivity index (χ2v) is 8.02. The molecule has 144 valence electrons. The topological polar surface area (TPSA) is 54.3 Å². The van der Waals surface area contributed by atoms with Gasteiger partial charge in [0.15, 0.2) is 0 Å². The van der Waals surface area contributed by atoms with E-state index in [2.05, 4.69) is 57.9 Å². The average molecular weight is 367 g/mol. The van der Waals surface area contributed by atoms with Crippen molar-refractivity contribution in [1.82, 2.24) is 24.6 Å². The largest absolute Gasteiger partial charge is 0.340 e. The predicted molar refractivity (Wildman–Crippen MR) is 105 cm³/mol. The molecule has 1 aromatic heterocycles. The van der Waals surface area contributed by atoms with Gasteiger partial charge in [0, 0.05) is 38.5 Å². The number of nitrogens with zero attached hydrogens (tertiary/aromatic N) is 5.